The Morgan fingerprint density at radius 3 is 2.59 bits per heavy atom. The summed E-state index contributed by atoms with van der Waals surface area (Å²) >= 11 is 1.51. The molecule has 3 N–H and O–H groups in total. The summed E-state index contributed by atoms with van der Waals surface area (Å²) in [6.07, 6.45) is 0. The van der Waals surface area contributed by atoms with E-state index in [1.165, 1.54) is 23.5 Å². The predicted molar refractivity (Wildman–Crippen MR) is 112 cm³/mol. The highest BCUT2D eigenvalue weighted by atomic mass is 32.1. The fourth-order valence-electron chi connectivity index (χ4n) is 3.04. The number of carboxylic acids is 1. The van der Waals surface area contributed by atoms with Crippen molar-refractivity contribution in [1.29, 1.82) is 0 Å². The Kier molecular flexibility index (Phi) is 4.77. The molecular weight excluding hydrogens is 390 g/mol. The maximum Gasteiger partial charge on any atom is 0.339 e. The lowest BCUT2D eigenvalue weighted by atomic mass is 10.1. The van der Waals surface area contributed by atoms with Crippen molar-refractivity contribution in [3.63, 3.8) is 0 Å². The highest BCUT2D eigenvalue weighted by molar-refractivity contribution is 7.17. The van der Waals surface area contributed by atoms with Crippen molar-refractivity contribution in [2.45, 2.75) is 6.92 Å². The van der Waals surface area contributed by atoms with Gasteiger partial charge in [-0.05, 0) is 42.8 Å². The number of fused-ring (bicyclic) bond motifs is 1. The quantitative estimate of drug-likeness (QED) is 0.407. The van der Waals surface area contributed by atoms with Gasteiger partial charge in [-0.1, -0.05) is 12.1 Å². The van der Waals surface area contributed by atoms with Crippen LogP contribution in [0, 0.1) is 6.92 Å². The third-order valence-corrected chi connectivity index (χ3v) is 5.31. The van der Waals surface area contributed by atoms with E-state index in [9.17, 15) is 15.0 Å². The van der Waals surface area contributed by atoms with Gasteiger partial charge in [0, 0.05) is 16.6 Å². The molecule has 0 bridgehead atoms. The molecule has 7 nitrogen and oxygen atoms in total. The van der Waals surface area contributed by atoms with Crippen molar-refractivity contribution < 1.29 is 19.7 Å². The molecule has 0 aliphatic carbocycles. The van der Waals surface area contributed by atoms with Crippen LogP contribution in [-0.4, -0.2) is 33.3 Å². The summed E-state index contributed by atoms with van der Waals surface area (Å²) in [6.45, 7) is 1.80. The molecule has 0 fully saturated rings. The zero-order chi connectivity index (χ0) is 20.5. The van der Waals surface area contributed by atoms with E-state index in [0.29, 0.717) is 17.3 Å². The van der Waals surface area contributed by atoms with Gasteiger partial charge in [-0.15, -0.1) is 11.3 Å². The van der Waals surface area contributed by atoms with Gasteiger partial charge in [0.15, 0.2) is 0 Å². The fourth-order valence-corrected chi connectivity index (χ4v) is 4.04. The molecule has 0 spiro atoms. The third kappa shape index (κ3) is 3.57. The second-order valence-electron chi connectivity index (χ2n) is 6.34. The van der Waals surface area contributed by atoms with Gasteiger partial charge in [0.2, 0.25) is 0 Å². The normalized spacial score (nSPS) is 10.8. The summed E-state index contributed by atoms with van der Waals surface area (Å²) < 4.78 is 5.23. The Bertz CT molecular complexity index is 1220. The van der Waals surface area contributed by atoms with Gasteiger partial charge in [0.1, 0.15) is 33.5 Å². The first-order chi connectivity index (χ1) is 14.0. The number of aryl methyl sites for hydroxylation is 1. The Morgan fingerprint density at radius 2 is 1.90 bits per heavy atom. The van der Waals surface area contributed by atoms with E-state index in [0.717, 1.165) is 27.1 Å². The Morgan fingerprint density at radius 1 is 1.14 bits per heavy atom. The van der Waals surface area contributed by atoms with E-state index >= 15 is 0 Å². The van der Waals surface area contributed by atoms with Gasteiger partial charge in [-0.25, -0.2) is 14.8 Å². The molecule has 0 saturated carbocycles. The van der Waals surface area contributed by atoms with Crippen molar-refractivity contribution >= 4 is 39.0 Å². The highest BCUT2D eigenvalue weighted by Crippen LogP contribution is 2.38. The fraction of sp³-hybridized carbons (Fsp3) is 0.0952. The molecule has 2 heterocycles. The molecule has 0 aliphatic rings. The van der Waals surface area contributed by atoms with Crippen LogP contribution in [0.3, 0.4) is 0 Å². The van der Waals surface area contributed by atoms with E-state index in [1.54, 1.807) is 20.1 Å². The van der Waals surface area contributed by atoms with Crippen molar-refractivity contribution in [2.75, 3.05) is 12.4 Å². The van der Waals surface area contributed by atoms with E-state index < -0.39 is 5.97 Å². The maximum atomic E-state index is 11.3. The second kappa shape index (κ2) is 7.40. The lowest BCUT2D eigenvalue weighted by Gasteiger charge is -2.11. The standard InChI is InChI=1S/C21H17N3O4S/c1-11-22-19(24-13-5-8-17(25)15(9-13)21(26)27)18-16(10-29-20(18)23-11)12-3-6-14(28-2)7-4-12/h3-10,25H,1-2H3,(H,26,27)(H,22,23,24). The van der Waals surface area contributed by atoms with Crippen LogP contribution in [0.4, 0.5) is 11.5 Å². The number of hydrogen-bond acceptors (Lipinski definition) is 7. The molecule has 8 heteroatoms. The van der Waals surface area contributed by atoms with Crippen molar-refractivity contribution in [1.82, 2.24) is 9.97 Å². The molecule has 0 aliphatic heterocycles. The van der Waals surface area contributed by atoms with Crippen LogP contribution < -0.4 is 10.1 Å². The molecule has 0 radical (unpaired) electrons. The molecule has 2 aromatic carbocycles. The molecule has 4 aromatic rings. The minimum Gasteiger partial charge on any atom is -0.507 e. The highest BCUT2D eigenvalue weighted by Gasteiger charge is 2.16. The number of phenols is 1. The molecule has 4 rings (SSSR count). The number of methoxy groups -OCH3 is 1. The lowest BCUT2D eigenvalue weighted by molar-refractivity contribution is 0.0694. The molecule has 2 aromatic heterocycles. The number of anilines is 2. The SMILES string of the molecule is COc1ccc(-c2csc3nc(C)nc(Nc4ccc(O)c(C(=O)O)c4)c23)cc1. The molecule has 0 atom stereocenters. The number of ether oxygens (including phenoxy) is 1. The summed E-state index contributed by atoms with van der Waals surface area (Å²) in [5.41, 5.74) is 2.28. The van der Waals surface area contributed by atoms with Gasteiger partial charge in [-0.3, -0.25) is 0 Å². The van der Waals surface area contributed by atoms with E-state index in [4.69, 9.17) is 4.74 Å². The summed E-state index contributed by atoms with van der Waals surface area (Å²) in [7, 11) is 1.62. The number of nitrogens with zero attached hydrogens (tertiary/aromatic N) is 2. The number of rotatable bonds is 5. The van der Waals surface area contributed by atoms with Crippen LogP contribution in [0.5, 0.6) is 11.5 Å². The smallest absolute Gasteiger partial charge is 0.339 e. The van der Waals surface area contributed by atoms with Gasteiger partial charge >= 0.3 is 5.97 Å². The first kappa shape index (κ1) is 18.7. The number of nitrogens with one attached hydrogen (secondary N) is 1. The predicted octanol–water partition coefficient (Wildman–Crippen LogP) is 4.82. The largest absolute Gasteiger partial charge is 0.507 e. The number of hydrogen-bond donors (Lipinski definition) is 3. The number of carbonyl (C=O) groups is 1. The minimum atomic E-state index is -1.20. The lowest BCUT2D eigenvalue weighted by Crippen LogP contribution is -2.01. The van der Waals surface area contributed by atoms with Crippen LogP contribution in [0.15, 0.2) is 47.8 Å². The molecule has 146 valence electrons. The van der Waals surface area contributed by atoms with E-state index in [-0.39, 0.29) is 11.3 Å². The monoisotopic (exact) mass is 407 g/mol. The first-order valence-electron chi connectivity index (χ1n) is 8.70. The zero-order valence-corrected chi connectivity index (χ0v) is 16.4. The summed E-state index contributed by atoms with van der Waals surface area (Å²) in [6, 6.07) is 12.0. The zero-order valence-electron chi connectivity index (χ0n) is 15.6. The third-order valence-electron chi connectivity index (χ3n) is 4.44. The second-order valence-corrected chi connectivity index (χ2v) is 7.20. The summed E-state index contributed by atoms with van der Waals surface area (Å²) in [5, 5.41) is 25.0. The number of aromatic hydroxyl groups is 1. The van der Waals surface area contributed by atoms with Crippen LogP contribution >= 0.6 is 11.3 Å². The number of aromatic carboxylic acids is 1. The topological polar surface area (TPSA) is 105 Å². The Balaban J connectivity index is 1.83. The molecule has 29 heavy (non-hydrogen) atoms. The van der Waals surface area contributed by atoms with Crippen molar-refractivity contribution in [2.24, 2.45) is 0 Å². The average Bonchev–Trinajstić information content (AvgIpc) is 3.13. The first-order valence-corrected chi connectivity index (χ1v) is 9.58. The van der Waals surface area contributed by atoms with Gasteiger partial charge < -0.3 is 20.3 Å². The maximum absolute atomic E-state index is 11.3. The Labute approximate surface area is 170 Å². The number of carboxylic acid groups (broad SMARTS) is 1. The van der Waals surface area contributed by atoms with Crippen molar-refractivity contribution in [3.05, 3.63) is 59.2 Å². The van der Waals surface area contributed by atoms with Crippen LogP contribution in [0.1, 0.15) is 16.2 Å². The van der Waals surface area contributed by atoms with Gasteiger partial charge in [0.25, 0.3) is 0 Å². The summed E-state index contributed by atoms with van der Waals surface area (Å²) in [5.74, 6) is 0.442. The minimum absolute atomic E-state index is 0.183. The molecule has 0 unspecified atom stereocenters. The average molecular weight is 407 g/mol. The number of thiophene rings is 1. The number of benzene rings is 2. The van der Waals surface area contributed by atoms with Crippen LogP contribution in [0.25, 0.3) is 21.3 Å². The van der Waals surface area contributed by atoms with Gasteiger partial charge in [-0.2, -0.15) is 0 Å². The van der Waals surface area contributed by atoms with Crippen molar-refractivity contribution in [3.8, 4) is 22.6 Å². The Hall–Kier alpha value is -3.65. The van der Waals surface area contributed by atoms with Crippen LogP contribution in [-0.2, 0) is 0 Å². The summed E-state index contributed by atoms with van der Waals surface area (Å²) in [4.78, 5) is 21.2. The van der Waals surface area contributed by atoms with E-state index in [2.05, 4.69) is 15.3 Å². The molecule has 0 amide bonds. The number of aromatic nitrogens is 2. The van der Waals surface area contributed by atoms with Gasteiger partial charge in [0.05, 0.1) is 12.5 Å². The van der Waals surface area contributed by atoms with Crippen LogP contribution in [0.2, 0.25) is 0 Å². The molecule has 0 saturated heterocycles. The molecular formula is C21H17N3O4S. The van der Waals surface area contributed by atoms with E-state index in [1.807, 2.05) is 29.6 Å².